The van der Waals surface area contributed by atoms with Gasteiger partial charge in [-0.3, -0.25) is 4.79 Å². The Morgan fingerprint density at radius 1 is 1.42 bits per heavy atom. The fraction of sp³-hybridized carbons (Fsp3) is 0.389. The zero-order valence-electron chi connectivity index (χ0n) is 13.9. The Morgan fingerprint density at radius 2 is 2.29 bits per heavy atom. The van der Waals surface area contributed by atoms with E-state index in [1.165, 1.54) is 11.8 Å². The van der Waals surface area contributed by atoms with Crippen LogP contribution >= 0.6 is 11.8 Å². The molecular formula is C18H21N3O2S. The number of hydrogen-bond acceptors (Lipinski definition) is 5. The van der Waals surface area contributed by atoms with Gasteiger partial charge in [-0.15, -0.1) is 11.8 Å². The molecule has 0 radical (unpaired) electrons. The molecule has 0 saturated carbocycles. The third-order valence-corrected chi connectivity index (χ3v) is 4.83. The molecule has 0 aliphatic heterocycles. The van der Waals surface area contributed by atoms with Gasteiger partial charge in [-0.2, -0.15) is 0 Å². The van der Waals surface area contributed by atoms with Crippen molar-refractivity contribution in [3.05, 3.63) is 41.8 Å². The Labute approximate surface area is 146 Å². The smallest absolute Gasteiger partial charge is 0.255 e. The summed E-state index contributed by atoms with van der Waals surface area (Å²) in [5.41, 5.74) is 1.23. The van der Waals surface area contributed by atoms with Crippen molar-refractivity contribution in [2.45, 2.75) is 31.2 Å². The fourth-order valence-electron chi connectivity index (χ4n) is 2.84. The van der Waals surface area contributed by atoms with Crippen LogP contribution in [0.25, 0.3) is 11.6 Å². The number of nitrogens with zero attached hydrogens (tertiary/aromatic N) is 2. The molecular weight excluding hydrogens is 322 g/mol. The molecule has 2 heterocycles. The van der Waals surface area contributed by atoms with Crippen LogP contribution in [0.15, 0.2) is 40.0 Å². The van der Waals surface area contributed by atoms with E-state index in [4.69, 9.17) is 4.42 Å². The van der Waals surface area contributed by atoms with E-state index in [1.807, 2.05) is 19.2 Å². The Kier molecular flexibility index (Phi) is 5.35. The summed E-state index contributed by atoms with van der Waals surface area (Å²) in [4.78, 5) is 21.6. The highest BCUT2D eigenvalue weighted by molar-refractivity contribution is 7.98. The van der Waals surface area contributed by atoms with Gasteiger partial charge in [0.2, 0.25) is 0 Å². The van der Waals surface area contributed by atoms with Gasteiger partial charge in [-0.05, 0) is 50.5 Å². The van der Waals surface area contributed by atoms with Gasteiger partial charge in [0, 0.05) is 6.54 Å². The van der Waals surface area contributed by atoms with E-state index in [2.05, 4.69) is 27.4 Å². The summed E-state index contributed by atoms with van der Waals surface area (Å²) in [7, 11) is 0. The molecule has 0 spiro atoms. The number of aromatic nitrogens is 2. The minimum absolute atomic E-state index is 0.0996. The number of carbonyl (C=O) groups excluding carboxylic acids is 1. The van der Waals surface area contributed by atoms with Gasteiger partial charge >= 0.3 is 0 Å². The van der Waals surface area contributed by atoms with Crippen molar-refractivity contribution < 1.29 is 9.21 Å². The molecule has 6 heteroatoms. The lowest BCUT2D eigenvalue weighted by molar-refractivity contribution is 0.0941. The first-order valence-electron chi connectivity index (χ1n) is 8.08. The van der Waals surface area contributed by atoms with E-state index in [1.54, 1.807) is 12.3 Å². The average molecular weight is 343 g/mol. The molecule has 1 aliphatic rings. The summed E-state index contributed by atoms with van der Waals surface area (Å²) < 4.78 is 5.36. The van der Waals surface area contributed by atoms with Gasteiger partial charge in [-0.1, -0.05) is 12.2 Å². The van der Waals surface area contributed by atoms with Crippen molar-refractivity contribution in [2.75, 3.05) is 12.8 Å². The molecule has 24 heavy (non-hydrogen) atoms. The first kappa shape index (κ1) is 16.8. The molecule has 3 rings (SSSR count). The van der Waals surface area contributed by atoms with E-state index in [0.29, 0.717) is 40.3 Å². The van der Waals surface area contributed by atoms with Crippen LogP contribution in [0, 0.1) is 12.8 Å². The van der Waals surface area contributed by atoms with E-state index < -0.39 is 0 Å². The van der Waals surface area contributed by atoms with Crippen LogP contribution in [0.4, 0.5) is 0 Å². The molecule has 2 aromatic heterocycles. The fourth-order valence-corrected chi connectivity index (χ4v) is 3.46. The maximum absolute atomic E-state index is 12.6. The first-order chi connectivity index (χ1) is 11.7. The Hall–Kier alpha value is -2.08. The van der Waals surface area contributed by atoms with Crippen LogP contribution < -0.4 is 5.32 Å². The van der Waals surface area contributed by atoms with Crippen molar-refractivity contribution in [2.24, 2.45) is 5.92 Å². The maximum Gasteiger partial charge on any atom is 0.255 e. The second kappa shape index (κ2) is 7.66. The molecule has 0 aromatic carbocycles. The maximum atomic E-state index is 12.6. The molecule has 1 atom stereocenters. The Balaban J connectivity index is 1.78. The highest BCUT2D eigenvalue weighted by Gasteiger charge is 2.20. The predicted octanol–water partition coefficient (Wildman–Crippen LogP) is 3.85. The Morgan fingerprint density at radius 3 is 2.96 bits per heavy atom. The third kappa shape index (κ3) is 3.70. The monoisotopic (exact) mass is 343 g/mol. The first-order valence-corrected chi connectivity index (χ1v) is 9.31. The summed E-state index contributed by atoms with van der Waals surface area (Å²) in [6, 6.07) is 3.61. The van der Waals surface area contributed by atoms with Crippen molar-refractivity contribution in [3.8, 4) is 11.6 Å². The van der Waals surface area contributed by atoms with Gasteiger partial charge in [0.1, 0.15) is 5.03 Å². The van der Waals surface area contributed by atoms with E-state index in [9.17, 15) is 4.79 Å². The van der Waals surface area contributed by atoms with Gasteiger partial charge in [-0.25, -0.2) is 9.97 Å². The molecule has 0 bridgehead atoms. The lowest BCUT2D eigenvalue weighted by Gasteiger charge is -2.19. The van der Waals surface area contributed by atoms with Crippen LogP contribution in [-0.4, -0.2) is 28.7 Å². The topological polar surface area (TPSA) is 68.0 Å². The van der Waals surface area contributed by atoms with E-state index >= 15 is 0 Å². The molecule has 0 fully saturated rings. The number of rotatable bonds is 5. The molecule has 126 valence electrons. The summed E-state index contributed by atoms with van der Waals surface area (Å²) in [5.74, 6) is 1.53. The number of aryl methyl sites for hydroxylation is 1. The van der Waals surface area contributed by atoms with Crippen LogP contribution in [0.3, 0.4) is 0 Å². The van der Waals surface area contributed by atoms with Crippen molar-refractivity contribution in [1.82, 2.24) is 15.3 Å². The lowest BCUT2D eigenvalue weighted by Crippen LogP contribution is -2.31. The van der Waals surface area contributed by atoms with Gasteiger partial charge in [0.25, 0.3) is 5.91 Å². The molecule has 1 N–H and O–H groups in total. The van der Waals surface area contributed by atoms with E-state index in [-0.39, 0.29) is 5.91 Å². The molecule has 1 amide bonds. The van der Waals surface area contributed by atoms with Crippen LogP contribution in [0.5, 0.6) is 0 Å². The quantitative estimate of drug-likeness (QED) is 0.507. The molecule has 1 unspecified atom stereocenters. The second-order valence-electron chi connectivity index (χ2n) is 5.85. The lowest BCUT2D eigenvalue weighted by atomic mass is 9.94. The molecule has 5 nitrogen and oxygen atoms in total. The highest BCUT2D eigenvalue weighted by Crippen LogP contribution is 2.25. The van der Waals surface area contributed by atoms with Gasteiger partial charge in [0.05, 0.1) is 17.5 Å². The molecule has 1 aliphatic carbocycles. The minimum atomic E-state index is -0.0996. The predicted molar refractivity (Wildman–Crippen MR) is 95.1 cm³/mol. The standard InChI is InChI=1S/C18H21N3O2S/c1-12-15(17(22)19-11-13-7-4-3-5-8-13)18(24-2)21-16(20-12)14-9-6-10-23-14/h3-4,6,9-10,13H,5,7-8,11H2,1-2H3,(H,19,22). The second-order valence-corrected chi connectivity index (χ2v) is 6.65. The number of amides is 1. The third-order valence-electron chi connectivity index (χ3n) is 4.15. The number of carbonyl (C=O) groups is 1. The summed E-state index contributed by atoms with van der Waals surface area (Å²) in [5, 5.41) is 3.72. The Bertz CT molecular complexity index is 741. The summed E-state index contributed by atoms with van der Waals surface area (Å²) in [6.07, 6.45) is 11.1. The van der Waals surface area contributed by atoms with Gasteiger partial charge in [0.15, 0.2) is 11.6 Å². The van der Waals surface area contributed by atoms with Crippen LogP contribution in [0.1, 0.15) is 35.3 Å². The number of furan rings is 1. The number of allylic oxidation sites excluding steroid dienone is 2. The average Bonchev–Trinajstić information content (AvgIpc) is 3.14. The zero-order valence-corrected chi connectivity index (χ0v) is 14.7. The number of hydrogen-bond donors (Lipinski definition) is 1. The van der Waals surface area contributed by atoms with E-state index in [0.717, 1.165) is 19.3 Å². The van der Waals surface area contributed by atoms with Crippen LogP contribution in [0.2, 0.25) is 0 Å². The normalized spacial score (nSPS) is 17.0. The number of nitrogens with one attached hydrogen (secondary N) is 1. The highest BCUT2D eigenvalue weighted by atomic mass is 32.2. The number of thioether (sulfide) groups is 1. The van der Waals surface area contributed by atoms with Gasteiger partial charge < -0.3 is 9.73 Å². The minimum Gasteiger partial charge on any atom is -0.461 e. The summed E-state index contributed by atoms with van der Waals surface area (Å²) in [6.45, 7) is 2.53. The largest absolute Gasteiger partial charge is 0.461 e. The van der Waals surface area contributed by atoms with Crippen LogP contribution in [-0.2, 0) is 0 Å². The SMILES string of the molecule is CSc1nc(-c2ccco2)nc(C)c1C(=O)NCC1CC=CCC1. The summed E-state index contributed by atoms with van der Waals surface area (Å²) >= 11 is 1.45. The van der Waals surface area contributed by atoms with Crippen molar-refractivity contribution in [3.63, 3.8) is 0 Å². The molecule has 0 saturated heterocycles. The van der Waals surface area contributed by atoms with Crippen molar-refractivity contribution in [1.29, 1.82) is 0 Å². The van der Waals surface area contributed by atoms with Crippen molar-refractivity contribution >= 4 is 17.7 Å². The molecule has 2 aromatic rings. The zero-order chi connectivity index (χ0) is 16.9.